The summed E-state index contributed by atoms with van der Waals surface area (Å²) < 4.78 is 48.4. The molecule has 210 valence electrons. The zero-order valence-electron chi connectivity index (χ0n) is 22.6. The van der Waals surface area contributed by atoms with Gasteiger partial charge in [-0.15, -0.1) is 0 Å². The number of benzene rings is 3. The summed E-state index contributed by atoms with van der Waals surface area (Å²) in [4.78, 5) is 0.0217. The molecule has 0 amide bonds. The van der Waals surface area contributed by atoms with Gasteiger partial charge in [0, 0.05) is 13.0 Å². The molecule has 3 aromatic carbocycles. The zero-order valence-corrected chi connectivity index (χ0v) is 23.4. The van der Waals surface area contributed by atoms with E-state index in [1.807, 2.05) is 74.5 Å². The smallest absolute Gasteiger partial charge is 0.297 e. The lowest BCUT2D eigenvalue weighted by Gasteiger charge is -2.28. The zero-order chi connectivity index (χ0) is 28.1. The van der Waals surface area contributed by atoms with Gasteiger partial charge >= 0.3 is 0 Å². The average molecular weight is 555 g/mol. The lowest BCUT2D eigenvalue weighted by molar-refractivity contribution is -0.116. The highest BCUT2D eigenvalue weighted by Gasteiger charge is 2.27. The van der Waals surface area contributed by atoms with Gasteiger partial charge in [-0.3, -0.25) is 4.18 Å². The number of aliphatic hydroxyl groups excluding tert-OH is 1. The average Bonchev–Trinajstić information content (AvgIpc) is 2.93. The molecule has 0 saturated heterocycles. The van der Waals surface area contributed by atoms with Crippen LogP contribution in [-0.2, 0) is 41.7 Å². The van der Waals surface area contributed by atoms with Crippen LogP contribution < -0.4 is 0 Å². The Kier molecular flexibility index (Phi) is 12.3. The van der Waals surface area contributed by atoms with E-state index in [2.05, 4.69) is 6.58 Å². The van der Waals surface area contributed by atoms with Crippen LogP contribution in [0.15, 0.2) is 102 Å². The van der Waals surface area contributed by atoms with Gasteiger partial charge in [0.05, 0.1) is 37.4 Å². The molecule has 0 heterocycles. The molecule has 0 aliphatic carbocycles. The largest absolute Gasteiger partial charge is 0.388 e. The van der Waals surface area contributed by atoms with E-state index in [4.69, 9.17) is 18.4 Å². The second kappa shape index (κ2) is 15.7. The van der Waals surface area contributed by atoms with Crippen LogP contribution in [0.2, 0.25) is 0 Å². The third-order valence-electron chi connectivity index (χ3n) is 6.05. The fourth-order valence-corrected chi connectivity index (χ4v) is 4.67. The second-order valence-corrected chi connectivity index (χ2v) is 11.1. The molecule has 8 heteroatoms. The topological polar surface area (TPSA) is 91.3 Å². The van der Waals surface area contributed by atoms with Gasteiger partial charge in [0.1, 0.15) is 12.2 Å². The second-order valence-electron chi connectivity index (χ2n) is 9.46. The van der Waals surface area contributed by atoms with Gasteiger partial charge < -0.3 is 19.3 Å². The minimum atomic E-state index is -4.05. The predicted molar refractivity (Wildman–Crippen MR) is 151 cm³/mol. The maximum atomic E-state index is 12.7. The molecular weight excluding hydrogens is 516 g/mol. The van der Waals surface area contributed by atoms with Gasteiger partial charge in [-0.2, -0.15) is 8.42 Å². The summed E-state index contributed by atoms with van der Waals surface area (Å²) >= 11 is 0. The van der Waals surface area contributed by atoms with Crippen LogP contribution in [0, 0.1) is 6.92 Å². The van der Waals surface area contributed by atoms with E-state index in [1.54, 1.807) is 12.1 Å². The maximum Gasteiger partial charge on any atom is 0.297 e. The molecule has 0 saturated carbocycles. The molecule has 0 aliphatic rings. The maximum absolute atomic E-state index is 12.7. The van der Waals surface area contributed by atoms with Crippen molar-refractivity contribution in [3.05, 3.63) is 114 Å². The van der Waals surface area contributed by atoms with Crippen LogP contribution in [-0.4, -0.2) is 51.7 Å². The molecular formula is C31H38O7S. The molecule has 0 aliphatic heterocycles. The first-order valence-corrected chi connectivity index (χ1v) is 14.3. The number of hydrogen-bond donors (Lipinski definition) is 1. The highest BCUT2D eigenvalue weighted by molar-refractivity contribution is 7.86. The molecule has 39 heavy (non-hydrogen) atoms. The monoisotopic (exact) mass is 554 g/mol. The third-order valence-corrected chi connectivity index (χ3v) is 7.35. The minimum absolute atomic E-state index is 0.0217. The van der Waals surface area contributed by atoms with Crippen LogP contribution >= 0.6 is 0 Å². The molecule has 3 atom stereocenters. The van der Waals surface area contributed by atoms with Gasteiger partial charge in [0.25, 0.3) is 10.1 Å². The Hall–Kier alpha value is -2.85. The number of aryl methyl sites for hydroxylation is 1. The minimum Gasteiger partial charge on any atom is -0.388 e. The summed E-state index contributed by atoms with van der Waals surface area (Å²) in [5.41, 5.74) is 3.72. The van der Waals surface area contributed by atoms with Crippen molar-refractivity contribution in [1.82, 2.24) is 0 Å². The van der Waals surface area contributed by atoms with Crippen LogP contribution in [0.4, 0.5) is 0 Å². The highest BCUT2D eigenvalue weighted by atomic mass is 32.2. The van der Waals surface area contributed by atoms with Crippen molar-refractivity contribution in [1.29, 1.82) is 0 Å². The molecule has 0 unspecified atom stereocenters. The van der Waals surface area contributed by atoms with Gasteiger partial charge in [-0.05, 0) is 37.1 Å². The van der Waals surface area contributed by atoms with E-state index in [0.717, 1.165) is 22.3 Å². The van der Waals surface area contributed by atoms with Crippen molar-refractivity contribution < 1.29 is 31.9 Å². The Labute approximate surface area is 232 Å². The molecule has 3 aromatic rings. The van der Waals surface area contributed by atoms with E-state index in [0.29, 0.717) is 26.2 Å². The Morgan fingerprint density at radius 2 is 1.41 bits per heavy atom. The van der Waals surface area contributed by atoms with Crippen LogP contribution in [0.5, 0.6) is 0 Å². The van der Waals surface area contributed by atoms with Gasteiger partial charge in [-0.1, -0.05) is 90.5 Å². The highest BCUT2D eigenvalue weighted by Crippen LogP contribution is 2.18. The number of rotatable bonds is 17. The van der Waals surface area contributed by atoms with E-state index >= 15 is 0 Å². The molecule has 3 rings (SSSR count). The Bertz CT molecular complexity index is 1230. The molecule has 0 spiro atoms. The normalized spacial score (nSPS) is 14.0. The first-order valence-electron chi connectivity index (χ1n) is 12.9. The van der Waals surface area contributed by atoms with E-state index < -0.39 is 35.0 Å². The Morgan fingerprint density at radius 1 is 0.846 bits per heavy atom. The van der Waals surface area contributed by atoms with Gasteiger partial charge in [-0.25, -0.2) is 0 Å². The first kappa shape index (κ1) is 30.7. The summed E-state index contributed by atoms with van der Waals surface area (Å²) in [5, 5.41) is 11.0. The summed E-state index contributed by atoms with van der Waals surface area (Å²) in [5.74, 6) is 0. The van der Waals surface area contributed by atoms with Crippen molar-refractivity contribution in [3.63, 3.8) is 0 Å². The van der Waals surface area contributed by atoms with Crippen LogP contribution in [0.1, 0.15) is 30.0 Å². The van der Waals surface area contributed by atoms with Gasteiger partial charge in [0.15, 0.2) is 0 Å². The summed E-state index contributed by atoms with van der Waals surface area (Å²) in [6.07, 6.45) is -2.06. The van der Waals surface area contributed by atoms with E-state index in [-0.39, 0.29) is 11.5 Å². The van der Waals surface area contributed by atoms with Crippen molar-refractivity contribution in [2.75, 3.05) is 19.8 Å². The number of ether oxygens (including phenoxy) is 3. The SMILES string of the molecule is C=C(C)[C@H](CCOCc1ccccc1)O[C@H](COCc1ccccc1)[C@H](O)COS(=O)(=O)c1ccc(C)cc1. The van der Waals surface area contributed by atoms with Gasteiger partial charge in [0.2, 0.25) is 0 Å². The summed E-state index contributed by atoms with van der Waals surface area (Å²) in [7, 11) is -4.05. The van der Waals surface area contributed by atoms with Crippen molar-refractivity contribution in [3.8, 4) is 0 Å². The number of aliphatic hydroxyl groups is 1. The molecule has 1 N–H and O–H groups in total. The first-order chi connectivity index (χ1) is 18.7. The lowest BCUT2D eigenvalue weighted by Crippen LogP contribution is -2.40. The fraction of sp³-hybridized carbons (Fsp3) is 0.355. The molecule has 0 fully saturated rings. The molecule has 0 bridgehead atoms. The number of hydrogen-bond acceptors (Lipinski definition) is 7. The Morgan fingerprint density at radius 3 is 1.97 bits per heavy atom. The lowest BCUT2D eigenvalue weighted by atomic mass is 10.1. The standard InChI is InChI=1S/C31H38O7S/c1-24(2)30(18-19-35-20-26-10-6-4-7-11-26)38-31(23-36-21-27-12-8-5-9-13-27)29(32)22-37-39(33,34)28-16-14-25(3)15-17-28/h4-17,29-32H,1,18-23H2,2-3H3/t29-,30+,31-/m1/s1. The fourth-order valence-electron chi connectivity index (χ4n) is 3.74. The molecule has 7 nitrogen and oxygen atoms in total. The summed E-state index contributed by atoms with van der Waals surface area (Å²) in [6, 6.07) is 25.8. The van der Waals surface area contributed by atoms with Crippen molar-refractivity contribution >= 4 is 10.1 Å². The summed E-state index contributed by atoms with van der Waals surface area (Å²) in [6.45, 7) is 8.49. The molecule has 0 radical (unpaired) electrons. The quantitative estimate of drug-likeness (QED) is 0.139. The Balaban J connectivity index is 1.61. The van der Waals surface area contributed by atoms with Crippen molar-refractivity contribution in [2.45, 2.75) is 56.7 Å². The third kappa shape index (κ3) is 10.7. The molecule has 0 aromatic heterocycles. The predicted octanol–water partition coefficient (Wildman–Crippen LogP) is 5.21. The van der Waals surface area contributed by atoms with Crippen LogP contribution in [0.25, 0.3) is 0 Å². The van der Waals surface area contributed by atoms with Crippen molar-refractivity contribution in [2.24, 2.45) is 0 Å². The van der Waals surface area contributed by atoms with E-state index in [9.17, 15) is 13.5 Å². The van der Waals surface area contributed by atoms with Crippen LogP contribution in [0.3, 0.4) is 0 Å². The van der Waals surface area contributed by atoms with E-state index in [1.165, 1.54) is 12.1 Å².